The third-order valence-corrected chi connectivity index (χ3v) is 5.87. The molecule has 1 N–H and O–H groups in total. The number of hydrogen-bond donors (Lipinski definition) is 1. The van der Waals surface area contributed by atoms with E-state index < -0.39 is 0 Å². The Morgan fingerprint density at radius 3 is 2.38 bits per heavy atom. The molecule has 4 nitrogen and oxygen atoms in total. The van der Waals surface area contributed by atoms with Gasteiger partial charge in [0.25, 0.3) is 0 Å². The quantitative estimate of drug-likeness (QED) is 0.123. The van der Waals surface area contributed by atoms with Crippen LogP contribution in [0.5, 0.6) is 5.75 Å². The molecule has 2 radical (unpaired) electrons. The van der Waals surface area contributed by atoms with Crippen molar-refractivity contribution in [3.63, 3.8) is 0 Å². The number of benzene rings is 3. The standard InChI is InChI=1S/C22H12NO.C11H20O2.Ir.Y/c1-2-7-15(8-3-1)17-10-6-11-18-19(17)14-24-21-13-16-9-4-5-12-20(16)23-22(18)21;1-8(2)5-10(12)7-11(13)6-9(3)4;;/h1-7,9,12-13H,14H2;7-9,12H,5-6H2,1-4H3;;/q-3;;;/b;10-7-;;. The summed E-state index contributed by atoms with van der Waals surface area (Å²) in [7, 11) is 0. The van der Waals surface area contributed by atoms with E-state index in [9.17, 15) is 9.90 Å². The Labute approximate surface area is 270 Å². The van der Waals surface area contributed by atoms with Crippen molar-refractivity contribution in [1.82, 2.24) is 4.98 Å². The molecular weight excluding hydrogens is 739 g/mol. The Morgan fingerprint density at radius 1 is 1.00 bits per heavy atom. The Bertz CT molecular complexity index is 1420. The number of hydrogen-bond acceptors (Lipinski definition) is 4. The van der Waals surface area contributed by atoms with Crippen molar-refractivity contribution in [3.8, 4) is 28.1 Å². The maximum Gasteiger partial charge on any atom is 0.159 e. The molecule has 202 valence electrons. The number of aliphatic hydroxyl groups excluding tert-OH is 1. The number of nitrogens with zero attached hydrogens (tertiary/aromatic N) is 1. The molecule has 6 heteroatoms. The van der Waals surface area contributed by atoms with Gasteiger partial charge in [-0.05, 0) is 24.0 Å². The Morgan fingerprint density at radius 2 is 1.69 bits per heavy atom. The largest absolute Gasteiger partial charge is 0.512 e. The first-order chi connectivity index (χ1) is 17.8. The number of aromatic nitrogens is 1. The van der Waals surface area contributed by atoms with Crippen LogP contribution in [0, 0.1) is 30.0 Å². The normalized spacial score (nSPS) is 11.8. The number of ether oxygens (including phenoxy) is 1. The molecule has 0 fully saturated rings. The van der Waals surface area contributed by atoms with E-state index in [1.807, 2.05) is 82.3 Å². The molecule has 0 saturated carbocycles. The number of allylic oxidation sites excluding steroid dienone is 2. The van der Waals surface area contributed by atoms with Gasteiger partial charge in [0, 0.05) is 83.7 Å². The van der Waals surface area contributed by atoms with Gasteiger partial charge in [-0.25, -0.2) is 22.7 Å². The second kappa shape index (κ2) is 15.6. The molecule has 4 aromatic rings. The minimum Gasteiger partial charge on any atom is -0.512 e. The molecule has 0 atom stereocenters. The van der Waals surface area contributed by atoms with Crippen LogP contribution in [0.15, 0.2) is 72.5 Å². The van der Waals surface area contributed by atoms with Crippen molar-refractivity contribution >= 4 is 16.7 Å². The molecule has 2 heterocycles. The van der Waals surface area contributed by atoms with Crippen LogP contribution in [-0.2, 0) is 64.2 Å². The molecule has 0 aliphatic carbocycles. The third-order valence-electron chi connectivity index (χ3n) is 5.87. The molecule has 1 aromatic heterocycles. The van der Waals surface area contributed by atoms with Crippen molar-refractivity contribution in [3.05, 3.63) is 96.3 Å². The van der Waals surface area contributed by atoms with E-state index in [-0.39, 0.29) is 64.4 Å². The number of fused-ring (bicyclic) bond motifs is 4. The first-order valence-electron chi connectivity index (χ1n) is 12.7. The monoisotopic (exact) mass is 772 g/mol. The topological polar surface area (TPSA) is 59.4 Å². The Balaban J connectivity index is 0.000000310. The average molecular weight is 772 g/mol. The predicted octanol–water partition coefficient (Wildman–Crippen LogP) is 7.95. The van der Waals surface area contributed by atoms with Crippen LogP contribution in [0.25, 0.3) is 33.3 Å². The van der Waals surface area contributed by atoms with Crippen LogP contribution in [0.3, 0.4) is 0 Å². The summed E-state index contributed by atoms with van der Waals surface area (Å²) in [6.07, 6.45) is 2.46. The van der Waals surface area contributed by atoms with Gasteiger partial charge in [-0.3, -0.25) is 16.9 Å². The van der Waals surface area contributed by atoms with Crippen LogP contribution in [-0.4, -0.2) is 15.9 Å². The fourth-order valence-electron chi connectivity index (χ4n) is 4.28. The molecule has 3 aromatic carbocycles. The molecule has 39 heavy (non-hydrogen) atoms. The third kappa shape index (κ3) is 8.91. The molecule has 1 aliphatic heterocycles. The van der Waals surface area contributed by atoms with Crippen LogP contribution in [0.1, 0.15) is 46.1 Å². The minimum atomic E-state index is 0. The summed E-state index contributed by atoms with van der Waals surface area (Å²) in [6.45, 7) is 8.50. The van der Waals surface area contributed by atoms with Crippen LogP contribution in [0.2, 0.25) is 0 Å². The summed E-state index contributed by atoms with van der Waals surface area (Å²) in [5.74, 6) is 1.79. The van der Waals surface area contributed by atoms with Gasteiger partial charge in [0.1, 0.15) is 5.75 Å². The van der Waals surface area contributed by atoms with E-state index in [0.717, 1.165) is 44.6 Å². The van der Waals surface area contributed by atoms with E-state index in [1.165, 1.54) is 6.08 Å². The fourth-order valence-corrected chi connectivity index (χ4v) is 4.28. The molecule has 5 rings (SSSR count). The molecule has 0 amide bonds. The zero-order valence-electron chi connectivity index (χ0n) is 22.7. The number of carbonyl (C=O) groups is 1. The van der Waals surface area contributed by atoms with Gasteiger partial charge in [-0.2, -0.15) is 17.7 Å². The summed E-state index contributed by atoms with van der Waals surface area (Å²) in [6, 6.07) is 29.7. The van der Waals surface area contributed by atoms with Gasteiger partial charge in [0.05, 0.1) is 17.0 Å². The first kappa shape index (κ1) is 33.0. The van der Waals surface area contributed by atoms with Crippen molar-refractivity contribution in [2.45, 2.75) is 47.1 Å². The van der Waals surface area contributed by atoms with Crippen molar-refractivity contribution in [1.29, 1.82) is 0 Å². The van der Waals surface area contributed by atoms with Gasteiger partial charge in [-0.1, -0.05) is 45.9 Å². The number of rotatable bonds is 6. The summed E-state index contributed by atoms with van der Waals surface area (Å²) >= 11 is 0. The Kier molecular flexibility index (Phi) is 13.2. The summed E-state index contributed by atoms with van der Waals surface area (Å²) < 4.78 is 6.00. The Hall–Kier alpha value is -2.17. The van der Waals surface area contributed by atoms with Gasteiger partial charge in [-0.15, -0.1) is 6.07 Å². The fraction of sp³-hybridized carbons (Fsp3) is 0.273. The molecule has 1 aliphatic rings. The number of para-hydroxylation sites is 1. The number of aliphatic hydroxyl groups is 1. The number of ketones is 1. The summed E-state index contributed by atoms with van der Waals surface area (Å²) in [4.78, 5) is 16.0. The predicted molar refractivity (Wildman–Crippen MR) is 148 cm³/mol. The number of pyridine rings is 1. The smallest absolute Gasteiger partial charge is 0.159 e. The van der Waals surface area contributed by atoms with E-state index in [2.05, 4.69) is 24.3 Å². The van der Waals surface area contributed by atoms with Gasteiger partial charge in [0.15, 0.2) is 5.78 Å². The van der Waals surface area contributed by atoms with E-state index in [1.54, 1.807) is 0 Å². The second-order valence-corrected chi connectivity index (χ2v) is 10.1. The summed E-state index contributed by atoms with van der Waals surface area (Å²) in [5, 5.41) is 10.4. The number of carbonyl (C=O) groups excluding carboxylic acids is 1. The van der Waals surface area contributed by atoms with Crippen LogP contribution < -0.4 is 4.74 Å². The first-order valence-corrected chi connectivity index (χ1v) is 12.7. The maximum atomic E-state index is 11.2. The second-order valence-electron chi connectivity index (χ2n) is 10.1. The zero-order chi connectivity index (χ0) is 26.4. The van der Waals surface area contributed by atoms with E-state index in [4.69, 9.17) is 9.72 Å². The van der Waals surface area contributed by atoms with Crippen molar-refractivity contribution < 1.29 is 67.5 Å². The molecular formula is C33H32IrNO3Y-3. The van der Waals surface area contributed by atoms with Crippen LogP contribution >= 0.6 is 0 Å². The molecule has 0 saturated heterocycles. The van der Waals surface area contributed by atoms with Crippen LogP contribution in [0.4, 0.5) is 0 Å². The zero-order valence-corrected chi connectivity index (χ0v) is 28.0. The molecule has 0 spiro atoms. The molecule has 0 unspecified atom stereocenters. The van der Waals surface area contributed by atoms with Gasteiger partial charge >= 0.3 is 0 Å². The average Bonchev–Trinajstić information content (AvgIpc) is 2.87. The maximum absolute atomic E-state index is 11.2. The molecule has 0 bridgehead atoms. The van der Waals surface area contributed by atoms with E-state index >= 15 is 0 Å². The summed E-state index contributed by atoms with van der Waals surface area (Å²) in [5.41, 5.74) is 5.88. The van der Waals surface area contributed by atoms with Crippen molar-refractivity contribution in [2.24, 2.45) is 11.8 Å². The minimum absolute atomic E-state index is 0. The van der Waals surface area contributed by atoms with Gasteiger partial charge < -0.3 is 27.0 Å². The van der Waals surface area contributed by atoms with Crippen molar-refractivity contribution in [2.75, 3.05) is 0 Å². The van der Waals surface area contributed by atoms with Gasteiger partial charge in [0.2, 0.25) is 0 Å². The SMILES string of the molecule is CC(C)CC(=O)/C=C(\O)CC(C)C.[Ir].[Y].[c-]1ccccc1-c1[c-]c[c-]c2c1COc1cc3ccccc3nc1-2. The van der Waals surface area contributed by atoms with E-state index in [0.29, 0.717) is 31.3 Å².